The minimum absolute atomic E-state index is 0.0113. The van der Waals surface area contributed by atoms with Crippen LogP contribution in [0.2, 0.25) is 5.02 Å². The van der Waals surface area contributed by atoms with Crippen LogP contribution < -0.4 is 4.90 Å². The molecule has 0 radical (unpaired) electrons. The fourth-order valence-electron chi connectivity index (χ4n) is 5.77. The number of halogens is 1. The van der Waals surface area contributed by atoms with Gasteiger partial charge in [-0.05, 0) is 37.8 Å². The van der Waals surface area contributed by atoms with Crippen LogP contribution >= 0.6 is 23.4 Å². The molecule has 0 saturated carbocycles. The Morgan fingerprint density at radius 2 is 1.97 bits per heavy atom. The molecule has 5 atom stereocenters. The van der Waals surface area contributed by atoms with Crippen LogP contribution in [0.15, 0.2) is 48.6 Å². The monoisotopic (exact) mass is 516 g/mol. The van der Waals surface area contributed by atoms with Crippen molar-refractivity contribution in [1.82, 2.24) is 4.90 Å². The van der Waals surface area contributed by atoms with Crippen LogP contribution in [0.3, 0.4) is 0 Å². The Hall–Kier alpha value is -2.29. The highest BCUT2D eigenvalue weighted by atomic mass is 35.5. The van der Waals surface area contributed by atoms with Crippen molar-refractivity contribution in [2.45, 2.75) is 41.7 Å². The highest BCUT2D eigenvalue weighted by Gasteiger charge is 2.70. The Kier molecular flexibility index (Phi) is 6.97. The Balaban J connectivity index is 1.60. The van der Waals surface area contributed by atoms with Crippen LogP contribution in [-0.2, 0) is 19.1 Å². The van der Waals surface area contributed by atoms with E-state index in [1.807, 2.05) is 30.4 Å². The molecule has 4 aliphatic heterocycles. The SMILES string of the molecule is O=C1OCCC/C=C\[C@H]2S[C@]34C=CCN(c5ccccc5Cl)C(=O)C3N(CCCCO)C(=O)[C@@H]4[C@@H]12. The first kappa shape index (κ1) is 24.4. The van der Waals surface area contributed by atoms with Crippen LogP contribution in [0.25, 0.3) is 0 Å². The first-order chi connectivity index (χ1) is 17.0. The highest BCUT2D eigenvalue weighted by Crippen LogP contribution is 2.61. The number of aliphatic hydroxyl groups excluding tert-OH is 1. The predicted molar refractivity (Wildman–Crippen MR) is 135 cm³/mol. The third-order valence-electron chi connectivity index (χ3n) is 7.30. The second-order valence-corrected chi connectivity index (χ2v) is 11.2. The molecule has 0 bridgehead atoms. The van der Waals surface area contributed by atoms with Crippen LogP contribution in [0.4, 0.5) is 5.69 Å². The third-order valence-corrected chi connectivity index (χ3v) is 9.37. The molecule has 0 aliphatic carbocycles. The molecule has 5 rings (SSSR count). The summed E-state index contributed by atoms with van der Waals surface area (Å²) in [5.41, 5.74) is 0.594. The van der Waals surface area contributed by atoms with Crippen molar-refractivity contribution >= 4 is 46.8 Å². The number of unbranched alkanes of at least 4 members (excludes halogenated alkanes) is 1. The lowest BCUT2D eigenvalue weighted by Gasteiger charge is -2.35. The molecule has 4 aliphatic rings. The number of benzene rings is 1. The third kappa shape index (κ3) is 4.09. The zero-order chi connectivity index (χ0) is 24.6. The van der Waals surface area contributed by atoms with Crippen molar-refractivity contribution in [3.05, 3.63) is 53.6 Å². The largest absolute Gasteiger partial charge is 0.465 e. The average Bonchev–Trinajstić information content (AvgIpc) is 3.25. The van der Waals surface area contributed by atoms with Gasteiger partial charge in [-0.15, -0.1) is 11.8 Å². The smallest absolute Gasteiger partial charge is 0.311 e. The number of carbonyl (C=O) groups excluding carboxylic acids is 3. The van der Waals surface area contributed by atoms with Crippen molar-refractivity contribution in [3.63, 3.8) is 0 Å². The summed E-state index contributed by atoms with van der Waals surface area (Å²) in [5.74, 6) is -2.13. The number of esters is 1. The van der Waals surface area contributed by atoms with Gasteiger partial charge in [0.1, 0.15) is 6.04 Å². The molecule has 1 N–H and O–H groups in total. The Morgan fingerprint density at radius 3 is 2.77 bits per heavy atom. The number of aliphatic hydroxyl groups is 1. The maximum absolute atomic E-state index is 14.2. The number of hydrogen-bond donors (Lipinski definition) is 1. The van der Waals surface area contributed by atoms with E-state index in [-0.39, 0.29) is 29.6 Å². The van der Waals surface area contributed by atoms with E-state index in [4.69, 9.17) is 16.3 Å². The number of amides is 2. The molecule has 1 aromatic carbocycles. The number of carbonyl (C=O) groups is 3. The molecular weight excluding hydrogens is 488 g/mol. The summed E-state index contributed by atoms with van der Waals surface area (Å²) in [4.78, 5) is 44.7. The predicted octanol–water partition coefficient (Wildman–Crippen LogP) is 3.21. The van der Waals surface area contributed by atoms with E-state index in [2.05, 4.69) is 6.08 Å². The zero-order valence-electron chi connectivity index (χ0n) is 19.3. The second kappa shape index (κ2) is 9.99. The molecule has 4 heterocycles. The van der Waals surface area contributed by atoms with E-state index in [1.165, 1.54) is 11.8 Å². The molecule has 1 unspecified atom stereocenters. The fraction of sp³-hybridized carbons (Fsp3) is 0.500. The van der Waals surface area contributed by atoms with Gasteiger partial charge in [0.25, 0.3) is 5.91 Å². The Bertz CT molecular complexity index is 1080. The van der Waals surface area contributed by atoms with E-state index in [0.717, 1.165) is 12.8 Å². The summed E-state index contributed by atoms with van der Waals surface area (Å²) in [6.07, 6.45) is 10.6. The Morgan fingerprint density at radius 1 is 1.14 bits per heavy atom. The molecule has 186 valence electrons. The number of ether oxygens (including phenoxy) is 1. The molecule has 2 saturated heterocycles. The number of hydrogen-bond acceptors (Lipinski definition) is 6. The van der Waals surface area contributed by atoms with Gasteiger partial charge in [-0.2, -0.15) is 0 Å². The van der Waals surface area contributed by atoms with E-state index in [9.17, 15) is 19.5 Å². The summed E-state index contributed by atoms with van der Waals surface area (Å²) < 4.78 is 4.69. The molecule has 0 aromatic heterocycles. The number of rotatable bonds is 5. The van der Waals surface area contributed by atoms with Crippen molar-refractivity contribution in [2.75, 3.05) is 31.2 Å². The molecule has 35 heavy (non-hydrogen) atoms. The van der Waals surface area contributed by atoms with Crippen LogP contribution in [0, 0.1) is 11.8 Å². The lowest BCUT2D eigenvalue weighted by Crippen LogP contribution is -2.53. The number of para-hydroxylation sites is 1. The number of anilines is 1. The van der Waals surface area contributed by atoms with Crippen LogP contribution in [-0.4, -0.2) is 70.1 Å². The molecule has 1 spiro atoms. The summed E-state index contributed by atoms with van der Waals surface area (Å²) in [5, 5.41) is 9.52. The lowest BCUT2D eigenvalue weighted by molar-refractivity contribution is -0.153. The van der Waals surface area contributed by atoms with Crippen molar-refractivity contribution in [3.8, 4) is 0 Å². The van der Waals surface area contributed by atoms with Gasteiger partial charge in [0.2, 0.25) is 5.91 Å². The van der Waals surface area contributed by atoms with E-state index >= 15 is 0 Å². The maximum atomic E-state index is 14.2. The molecule has 2 fully saturated rings. The van der Waals surface area contributed by atoms with Gasteiger partial charge in [0, 0.05) is 24.9 Å². The van der Waals surface area contributed by atoms with Crippen LogP contribution in [0.5, 0.6) is 0 Å². The Labute approximate surface area is 214 Å². The van der Waals surface area contributed by atoms with Gasteiger partial charge in [0.15, 0.2) is 0 Å². The van der Waals surface area contributed by atoms with Gasteiger partial charge in [-0.25, -0.2) is 0 Å². The summed E-state index contributed by atoms with van der Waals surface area (Å²) in [6.45, 7) is 0.991. The fourth-order valence-corrected chi connectivity index (χ4v) is 8.01. The molecule has 1 aromatic rings. The molecular formula is C26H29ClN2O5S. The summed E-state index contributed by atoms with van der Waals surface area (Å²) in [7, 11) is 0. The number of allylic oxidation sites excluding steroid dienone is 1. The van der Waals surface area contributed by atoms with Crippen molar-refractivity contribution < 1.29 is 24.2 Å². The lowest BCUT2D eigenvalue weighted by atomic mass is 9.78. The van der Waals surface area contributed by atoms with E-state index < -0.39 is 22.6 Å². The highest BCUT2D eigenvalue weighted by molar-refractivity contribution is 8.02. The van der Waals surface area contributed by atoms with E-state index in [1.54, 1.807) is 21.9 Å². The summed E-state index contributed by atoms with van der Waals surface area (Å²) >= 11 is 8.00. The second-order valence-electron chi connectivity index (χ2n) is 9.34. The van der Waals surface area contributed by atoms with Crippen molar-refractivity contribution in [2.24, 2.45) is 11.8 Å². The van der Waals surface area contributed by atoms with Gasteiger partial charge in [0.05, 0.1) is 33.9 Å². The first-order valence-electron chi connectivity index (χ1n) is 12.2. The minimum Gasteiger partial charge on any atom is -0.465 e. The quantitative estimate of drug-likeness (QED) is 0.367. The normalized spacial score (nSPS) is 33.3. The molecule has 9 heteroatoms. The maximum Gasteiger partial charge on any atom is 0.311 e. The van der Waals surface area contributed by atoms with Crippen molar-refractivity contribution in [1.29, 1.82) is 0 Å². The first-order valence-corrected chi connectivity index (χ1v) is 13.4. The average molecular weight is 517 g/mol. The zero-order valence-corrected chi connectivity index (χ0v) is 20.9. The molecule has 7 nitrogen and oxygen atoms in total. The topological polar surface area (TPSA) is 87.2 Å². The number of nitrogens with zero attached hydrogens (tertiary/aromatic N) is 2. The number of likely N-dealkylation sites (tertiary alicyclic amines) is 1. The number of cyclic esters (lactones) is 1. The van der Waals surface area contributed by atoms with Gasteiger partial charge >= 0.3 is 5.97 Å². The minimum atomic E-state index is -0.888. The van der Waals surface area contributed by atoms with Gasteiger partial charge in [-0.3, -0.25) is 14.4 Å². The number of fused-ring (bicyclic) bond motifs is 2. The van der Waals surface area contributed by atoms with Gasteiger partial charge in [-0.1, -0.05) is 48.0 Å². The number of thioether (sulfide) groups is 1. The summed E-state index contributed by atoms with van der Waals surface area (Å²) in [6, 6.07) is 6.40. The molecule has 2 amide bonds. The van der Waals surface area contributed by atoms with Gasteiger partial charge < -0.3 is 19.6 Å². The van der Waals surface area contributed by atoms with Crippen LogP contribution in [0.1, 0.15) is 25.7 Å². The van der Waals surface area contributed by atoms with E-state index in [0.29, 0.717) is 43.2 Å². The standard InChI is InChI=1S/C26H29ClN2O5S/c27-17-9-3-4-10-18(17)28-14-8-12-26-21(20-19(35-26)11-2-1-7-16-34-25(20)33)23(31)29(13-5-6-15-30)22(26)24(28)32/h2-4,8-12,19-22,30H,1,5-7,13-16H2/b11-2-/t19-,20+,21+,22?,26+/m1/s1.